The lowest BCUT2D eigenvalue weighted by atomic mass is 10.1. The van der Waals surface area contributed by atoms with Gasteiger partial charge in [0.2, 0.25) is 0 Å². The van der Waals surface area contributed by atoms with Crippen molar-refractivity contribution in [3.05, 3.63) is 53.3 Å². The maximum atomic E-state index is 13.9. The van der Waals surface area contributed by atoms with Gasteiger partial charge in [0.05, 0.1) is 19.3 Å². The van der Waals surface area contributed by atoms with Crippen LogP contribution >= 0.6 is 0 Å². The number of halogens is 1. The molecular formula is C17H14FNO4. The van der Waals surface area contributed by atoms with Gasteiger partial charge in [-0.15, -0.1) is 0 Å². The predicted molar refractivity (Wildman–Crippen MR) is 81.5 cm³/mol. The van der Waals surface area contributed by atoms with Crippen LogP contribution in [0.5, 0.6) is 11.5 Å². The topological polar surface area (TPSA) is 55.8 Å². The van der Waals surface area contributed by atoms with Gasteiger partial charge in [0.1, 0.15) is 12.1 Å². The van der Waals surface area contributed by atoms with E-state index < -0.39 is 5.82 Å². The third kappa shape index (κ3) is 2.75. The van der Waals surface area contributed by atoms with Gasteiger partial charge in [0.15, 0.2) is 18.1 Å². The number of methoxy groups -OCH3 is 1. The van der Waals surface area contributed by atoms with Crippen LogP contribution in [-0.4, -0.2) is 25.9 Å². The summed E-state index contributed by atoms with van der Waals surface area (Å²) in [5, 5.41) is 0. The summed E-state index contributed by atoms with van der Waals surface area (Å²) in [6, 6.07) is 9.29. The quantitative estimate of drug-likeness (QED) is 0.814. The summed E-state index contributed by atoms with van der Waals surface area (Å²) in [7, 11) is 1.45. The highest BCUT2D eigenvalue weighted by Crippen LogP contribution is 2.41. The van der Waals surface area contributed by atoms with Crippen LogP contribution in [0.2, 0.25) is 0 Å². The Kier molecular flexibility index (Phi) is 3.97. The summed E-state index contributed by atoms with van der Waals surface area (Å²) in [6.07, 6.45) is 0.656. The first-order valence-electron chi connectivity index (χ1n) is 6.98. The summed E-state index contributed by atoms with van der Waals surface area (Å²) in [5.41, 5.74) is 1.12. The molecule has 0 N–H and O–H groups in total. The van der Waals surface area contributed by atoms with E-state index in [0.717, 1.165) is 0 Å². The van der Waals surface area contributed by atoms with Gasteiger partial charge in [0, 0.05) is 11.1 Å². The fourth-order valence-corrected chi connectivity index (χ4v) is 2.49. The predicted octanol–water partition coefficient (Wildman–Crippen LogP) is 2.57. The van der Waals surface area contributed by atoms with E-state index in [1.165, 1.54) is 30.2 Å². The number of anilines is 1. The molecule has 0 saturated heterocycles. The van der Waals surface area contributed by atoms with Crippen molar-refractivity contribution < 1.29 is 23.5 Å². The number of amides is 1. The molecule has 0 unspecified atom stereocenters. The Bertz CT molecular complexity index is 775. The summed E-state index contributed by atoms with van der Waals surface area (Å²) in [4.78, 5) is 24.7. The number of benzene rings is 2. The molecule has 1 heterocycles. The SMILES string of the molecule is COc1cc(C=O)cc2c1OCC(=O)N2Cc1ccccc1F. The van der Waals surface area contributed by atoms with Crippen LogP contribution in [0.3, 0.4) is 0 Å². The van der Waals surface area contributed by atoms with E-state index in [9.17, 15) is 14.0 Å². The zero-order chi connectivity index (χ0) is 16.4. The molecule has 1 amide bonds. The average molecular weight is 315 g/mol. The third-order valence-corrected chi connectivity index (χ3v) is 3.63. The van der Waals surface area contributed by atoms with Crippen molar-refractivity contribution in [3.8, 4) is 11.5 Å². The number of carbonyl (C=O) groups is 2. The summed E-state index contributed by atoms with van der Waals surface area (Å²) < 4.78 is 24.5. The fraction of sp³-hybridized carbons (Fsp3) is 0.176. The van der Waals surface area contributed by atoms with Gasteiger partial charge in [-0.25, -0.2) is 4.39 Å². The monoisotopic (exact) mass is 315 g/mol. The van der Waals surface area contributed by atoms with Crippen LogP contribution in [0.25, 0.3) is 0 Å². The Morgan fingerprint density at radius 2 is 2.13 bits per heavy atom. The Hall–Kier alpha value is -2.89. The third-order valence-electron chi connectivity index (χ3n) is 3.63. The maximum Gasteiger partial charge on any atom is 0.265 e. The average Bonchev–Trinajstić information content (AvgIpc) is 2.58. The second kappa shape index (κ2) is 6.08. The van der Waals surface area contributed by atoms with Crippen molar-refractivity contribution in [3.63, 3.8) is 0 Å². The van der Waals surface area contributed by atoms with Gasteiger partial charge in [-0.2, -0.15) is 0 Å². The lowest BCUT2D eigenvalue weighted by Crippen LogP contribution is -2.38. The standard InChI is InChI=1S/C17H14FNO4/c1-22-15-7-11(9-20)6-14-17(15)23-10-16(21)19(14)8-12-4-2-3-5-13(12)18/h2-7,9H,8,10H2,1H3. The van der Waals surface area contributed by atoms with E-state index in [1.807, 2.05) is 0 Å². The van der Waals surface area contributed by atoms with Crippen LogP contribution in [0.15, 0.2) is 36.4 Å². The molecule has 23 heavy (non-hydrogen) atoms. The van der Waals surface area contributed by atoms with Crippen molar-refractivity contribution >= 4 is 17.9 Å². The molecule has 0 aliphatic carbocycles. The first kappa shape index (κ1) is 15.0. The number of fused-ring (bicyclic) bond motifs is 1. The highest BCUT2D eigenvalue weighted by Gasteiger charge is 2.29. The van der Waals surface area contributed by atoms with E-state index >= 15 is 0 Å². The van der Waals surface area contributed by atoms with Crippen LogP contribution < -0.4 is 14.4 Å². The minimum Gasteiger partial charge on any atom is -0.493 e. The lowest BCUT2D eigenvalue weighted by molar-refractivity contribution is -0.121. The number of hydrogen-bond acceptors (Lipinski definition) is 4. The van der Waals surface area contributed by atoms with Gasteiger partial charge < -0.3 is 14.4 Å². The molecular weight excluding hydrogens is 301 g/mol. The number of carbonyl (C=O) groups excluding carboxylic acids is 2. The molecule has 3 rings (SSSR count). The van der Waals surface area contributed by atoms with E-state index in [0.29, 0.717) is 34.6 Å². The van der Waals surface area contributed by atoms with Gasteiger partial charge in [-0.1, -0.05) is 18.2 Å². The van der Waals surface area contributed by atoms with Crippen LogP contribution in [0.4, 0.5) is 10.1 Å². The van der Waals surface area contributed by atoms with Crippen LogP contribution in [0, 0.1) is 5.82 Å². The van der Waals surface area contributed by atoms with Crippen LogP contribution in [0.1, 0.15) is 15.9 Å². The van der Waals surface area contributed by atoms with E-state index in [2.05, 4.69) is 0 Å². The molecule has 0 spiro atoms. The number of nitrogens with zero attached hydrogens (tertiary/aromatic N) is 1. The van der Waals surface area contributed by atoms with E-state index in [-0.39, 0.29) is 19.1 Å². The first-order valence-corrected chi connectivity index (χ1v) is 6.98. The Morgan fingerprint density at radius 1 is 1.35 bits per heavy atom. The second-order valence-electron chi connectivity index (χ2n) is 5.05. The minimum absolute atomic E-state index is 0.0489. The molecule has 0 aromatic heterocycles. The summed E-state index contributed by atoms with van der Waals surface area (Å²) in [6.45, 7) is -0.119. The summed E-state index contributed by atoms with van der Waals surface area (Å²) in [5.74, 6) is 0.0161. The number of rotatable bonds is 4. The molecule has 5 nitrogen and oxygen atoms in total. The van der Waals surface area contributed by atoms with Crippen molar-refractivity contribution in [2.75, 3.05) is 18.6 Å². The van der Waals surface area contributed by atoms with Gasteiger partial charge in [-0.3, -0.25) is 9.59 Å². The second-order valence-corrected chi connectivity index (χ2v) is 5.05. The zero-order valence-electron chi connectivity index (χ0n) is 12.4. The lowest BCUT2D eigenvalue weighted by Gasteiger charge is -2.30. The normalized spacial score (nSPS) is 13.3. The van der Waals surface area contributed by atoms with Gasteiger partial charge in [-0.05, 0) is 18.2 Å². The zero-order valence-corrected chi connectivity index (χ0v) is 12.4. The van der Waals surface area contributed by atoms with E-state index in [1.54, 1.807) is 18.2 Å². The number of ether oxygens (including phenoxy) is 2. The summed E-state index contributed by atoms with van der Waals surface area (Å²) >= 11 is 0. The Morgan fingerprint density at radius 3 is 2.83 bits per heavy atom. The van der Waals surface area contributed by atoms with Crippen molar-refractivity contribution in [2.24, 2.45) is 0 Å². The molecule has 0 radical (unpaired) electrons. The molecule has 0 saturated carbocycles. The number of aldehydes is 1. The van der Waals surface area contributed by atoms with Gasteiger partial charge in [0.25, 0.3) is 5.91 Å². The molecule has 0 atom stereocenters. The van der Waals surface area contributed by atoms with Crippen molar-refractivity contribution in [2.45, 2.75) is 6.54 Å². The Balaban J connectivity index is 2.07. The fourth-order valence-electron chi connectivity index (χ4n) is 2.49. The smallest absolute Gasteiger partial charge is 0.265 e. The van der Waals surface area contributed by atoms with Crippen LogP contribution in [-0.2, 0) is 11.3 Å². The largest absolute Gasteiger partial charge is 0.493 e. The van der Waals surface area contributed by atoms with E-state index in [4.69, 9.17) is 9.47 Å². The van der Waals surface area contributed by atoms with Gasteiger partial charge >= 0.3 is 0 Å². The minimum atomic E-state index is -0.396. The molecule has 0 fully saturated rings. The molecule has 0 bridgehead atoms. The maximum absolute atomic E-state index is 13.9. The van der Waals surface area contributed by atoms with Crippen molar-refractivity contribution in [1.82, 2.24) is 0 Å². The molecule has 1 aliphatic rings. The highest BCUT2D eigenvalue weighted by atomic mass is 19.1. The molecule has 6 heteroatoms. The van der Waals surface area contributed by atoms with Crippen molar-refractivity contribution in [1.29, 1.82) is 0 Å². The molecule has 1 aliphatic heterocycles. The first-order chi connectivity index (χ1) is 11.1. The Labute approximate surface area is 132 Å². The molecule has 2 aromatic rings. The number of hydrogen-bond donors (Lipinski definition) is 0. The highest BCUT2D eigenvalue weighted by molar-refractivity contribution is 5.99. The molecule has 2 aromatic carbocycles. The molecule has 118 valence electrons.